The van der Waals surface area contributed by atoms with E-state index in [0.717, 1.165) is 42.8 Å². The summed E-state index contributed by atoms with van der Waals surface area (Å²) in [5.41, 5.74) is 2.31. The first-order chi connectivity index (χ1) is 18.4. The average molecular weight is 522 g/mol. The summed E-state index contributed by atoms with van der Waals surface area (Å²) in [5, 5.41) is 0.758. The van der Waals surface area contributed by atoms with Crippen LogP contribution >= 0.6 is 0 Å². The van der Waals surface area contributed by atoms with Crippen LogP contribution in [0.1, 0.15) is 36.0 Å². The number of hydrogen-bond acceptors (Lipinski definition) is 4. The predicted molar refractivity (Wildman–Crippen MR) is 133 cm³/mol. The van der Waals surface area contributed by atoms with Crippen molar-refractivity contribution in [1.82, 2.24) is 24.0 Å². The number of rotatable bonds is 6. The zero-order chi connectivity index (χ0) is 25.9. The first-order valence-corrected chi connectivity index (χ1v) is 13.3. The van der Waals surface area contributed by atoms with Crippen LogP contribution in [0.3, 0.4) is 0 Å². The fourth-order valence-electron chi connectivity index (χ4n) is 7.21. The summed E-state index contributed by atoms with van der Waals surface area (Å²) in [6.45, 7) is -1.55. The van der Waals surface area contributed by atoms with E-state index < -0.39 is 12.4 Å². The van der Waals surface area contributed by atoms with Crippen molar-refractivity contribution >= 4 is 28.0 Å². The average Bonchev–Trinajstić information content (AvgIpc) is 3.53. The summed E-state index contributed by atoms with van der Waals surface area (Å²) in [4.78, 5) is 24.5. The number of benzene rings is 1. The lowest BCUT2D eigenvalue weighted by Gasteiger charge is -2.52. The lowest BCUT2D eigenvalue weighted by atomic mass is 9.53. The topological polar surface area (TPSA) is 65.2 Å². The van der Waals surface area contributed by atoms with Gasteiger partial charge in [-0.2, -0.15) is 13.8 Å². The van der Waals surface area contributed by atoms with E-state index >= 15 is 4.39 Å². The molecule has 0 spiro atoms. The fourth-order valence-corrected chi connectivity index (χ4v) is 7.21. The highest BCUT2D eigenvalue weighted by molar-refractivity contribution is 5.98. The van der Waals surface area contributed by atoms with Gasteiger partial charge >= 0.3 is 6.61 Å². The van der Waals surface area contributed by atoms with Gasteiger partial charge in [-0.1, -0.05) is 0 Å². The SMILES string of the molecule is Cn1c(-c2cc3ccc(OC(F)F)nc3n2CC2CC2)nc2cc(C(=O)N3C[C@H]4CC5C[C@@H]3[C@H]54)cc(F)c21. The summed E-state index contributed by atoms with van der Waals surface area (Å²) in [6, 6.07) is 8.34. The number of ether oxygens (including phenoxy) is 1. The molecule has 1 aromatic carbocycles. The second-order valence-corrected chi connectivity index (χ2v) is 11.4. The van der Waals surface area contributed by atoms with E-state index in [1.165, 1.54) is 18.6 Å². The maximum atomic E-state index is 15.5. The van der Waals surface area contributed by atoms with Crippen LogP contribution < -0.4 is 4.74 Å². The molecule has 1 aliphatic heterocycles. The largest absolute Gasteiger partial charge is 0.417 e. The molecule has 4 atom stereocenters. The van der Waals surface area contributed by atoms with Crippen molar-refractivity contribution in [3.63, 3.8) is 0 Å². The molecule has 7 nitrogen and oxygen atoms in total. The van der Waals surface area contributed by atoms with Crippen LogP contribution in [-0.4, -0.2) is 49.1 Å². The van der Waals surface area contributed by atoms with Gasteiger partial charge in [0.25, 0.3) is 5.91 Å². The standard InChI is InChI=1S/C28H26F3N5O2/c1-34-24-18(29)7-16(27(37)36-12-17-6-15-10-20(36)23(15)17)8-19(24)32-26(34)21-9-14-4-5-22(38-28(30)31)33-25(14)35(21)11-13-2-3-13/h4-5,7-9,13,15,17,20,23,28H,2-3,6,10-12H2,1H3/t15?,17-,20-,23-/m1/s1. The lowest BCUT2D eigenvalue weighted by molar-refractivity contribution is -0.0526. The van der Waals surface area contributed by atoms with E-state index in [-0.39, 0.29) is 11.8 Å². The molecule has 4 fully saturated rings. The number of nitrogens with zero attached hydrogens (tertiary/aromatic N) is 5. The van der Waals surface area contributed by atoms with Crippen LogP contribution in [0.5, 0.6) is 5.88 Å². The number of carbonyl (C=O) groups excluding carboxylic acids is 1. The van der Waals surface area contributed by atoms with Crippen molar-refractivity contribution in [3.8, 4) is 17.4 Å². The molecule has 3 aliphatic carbocycles. The highest BCUT2D eigenvalue weighted by Gasteiger charge is 2.61. The molecule has 0 bridgehead atoms. The summed E-state index contributed by atoms with van der Waals surface area (Å²) in [7, 11) is 1.75. The lowest BCUT2D eigenvalue weighted by Crippen LogP contribution is -2.53. The van der Waals surface area contributed by atoms with Gasteiger partial charge in [-0.05, 0) is 73.6 Å². The third-order valence-electron chi connectivity index (χ3n) is 9.24. The molecule has 3 aromatic heterocycles. The molecule has 4 aromatic rings. The molecule has 0 radical (unpaired) electrons. The molecule has 10 heteroatoms. The van der Waals surface area contributed by atoms with Gasteiger partial charge in [-0.25, -0.2) is 9.37 Å². The predicted octanol–water partition coefficient (Wildman–Crippen LogP) is 5.22. The maximum absolute atomic E-state index is 15.5. The highest BCUT2D eigenvalue weighted by Crippen LogP contribution is 2.60. The van der Waals surface area contributed by atoms with Crippen LogP contribution in [0.15, 0.2) is 30.3 Å². The van der Waals surface area contributed by atoms with Gasteiger partial charge in [-0.15, -0.1) is 0 Å². The molecular formula is C28H26F3N5O2. The molecule has 1 amide bonds. The van der Waals surface area contributed by atoms with Crippen molar-refractivity contribution < 1.29 is 22.7 Å². The third kappa shape index (κ3) is 3.18. The van der Waals surface area contributed by atoms with E-state index in [9.17, 15) is 13.6 Å². The maximum Gasteiger partial charge on any atom is 0.388 e. The van der Waals surface area contributed by atoms with Gasteiger partial charge < -0.3 is 18.8 Å². The van der Waals surface area contributed by atoms with Crippen LogP contribution in [-0.2, 0) is 13.6 Å². The molecule has 38 heavy (non-hydrogen) atoms. The number of imidazole rings is 1. The Morgan fingerprint density at radius 2 is 1.97 bits per heavy atom. The van der Waals surface area contributed by atoms with Crippen LogP contribution in [0.4, 0.5) is 13.2 Å². The fraction of sp³-hybridized carbons (Fsp3) is 0.464. The van der Waals surface area contributed by atoms with Gasteiger partial charge in [0.15, 0.2) is 5.82 Å². The molecule has 8 rings (SSSR count). The van der Waals surface area contributed by atoms with Crippen molar-refractivity contribution in [3.05, 3.63) is 41.7 Å². The zero-order valence-electron chi connectivity index (χ0n) is 20.8. The molecule has 1 saturated heterocycles. The van der Waals surface area contributed by atoms with Crippen molar-refractivity contribution in [1.29, 1.82) is 0 Å². The monoisotopic (exact) mass is 521 g/mol. The minimum absolute atomic E-state index is 0.116. The van der Waals surface area contributed by atoms with Crippen LogP contribution in [0, 0.1) is 29.5 Å². The number of alkyl halides is 2. The Bertz CT molecular complexity index is 1640. The van der Waals surface area contributed by atoms with Crippen molar-refractivity contribution in [2.75, 3.05) is 6.54 Å². The Morgan fingerprint density at radius 1 is 1.13 bits per heavy atom. The summed E-state index contributed by atoms with van der Waals surface area (Å²) in [6.07, 6.45) is 4.43. The smallest absolute Gasteiger partial charge is 0.388 e. The van der Waals surface area contributed by atoms with Gasteiger partial charge in [0, 0.05) is 43.2 Å². The Balaban J connectivity index is 1.21. The second-order valence-electron chi connectivity index (χ2n) is 11.4. The number of amides is 1. The number of hydrogen-bond donors (Lipinski definition) is 0. The number of aryl methyl sites for hydroxylation is 1. The van der Waals surface area contributed by atoms with Gasteiger partial charge in [-0.3, -0.25) is 4.79 Å². The first kappa shape index (κ1) is 22.4. The molecule has 0 N–H and O–H groups in total. The number of pyridine rings is 1. The summed E-state index contributed by atoms with van der Waals surface area (Å²) in [5.74, 6) is 2.25. The number of aromatic nitrogens is 4. The number of fused-ring (bicyclic) bond motifs is 2. The Labute approximate surface area is 216 Å². The van der Waals surface area contributed by atoms with Gasteiger partial charge in [0.2, 0.25) is 5.88 Å². The van der Waals surface area contributed by atoms with E-state index in [2.05, 4.69) is 9.72 Å². The molecular weight excluding hydrogens is 495 g/mol. The minimum Gasteiger partial charge on any atom is -0.417 e. The minimum atomic E-state index is -2.97. The molecule has 196 valence electrons. The highest BCUT2D eigenvalue weighted by atomic mass is 19.3. The van der Waals surface area contributed by atoms with E-state index in [4.69, 9.17) is 4.98 Å². The Kier molecular flexibility index (Phi) is 4.57. The number of likely N-dealkylation sites (tertiary alicyclic amines) is 1. The van der Waals surface area contributed by atoms with Crippen molar-refractivity contribution in [2.45, 2.75) is 44.9 Å². The quantitative estimate of drug-likeness (QED) is 0.349. The molecule has 4 aliphatic rings. The van der Waals surface area contributed by atoms with Crippen LogP contribution in [0.2, 0.25) is 0 Å². The third-order valence-corrected chi connectivity index (χ3v) is 9.24. The van der Waals surface area contributed by atoms with E-state index in [0.29, 0.717) is 58.4 Å². The second kappa shape index (κ2) is 7.74. The number of carbonyl (C=O) groups is 1. The Hall–Kier alpha value is -3.56. The molecule has 3 saturated carbocycles. The Morgan fingerprint density at radius 3 is 2.71 bits per heavy atom. The van der Waals surface area contributed by atoms with E-state index in [1.807, 2.05) is 15.5 Å². The molecule has 1 unspecified atom stereocenters. The zero-order valence-corrected chi connectivity index (χ0v) is 20.8. The summed E-state index contributed by atoms with van der Waals surface area (Å²) >= 11 is 0. The normalized spacial score (nSPS) is 25.7. The first-order valence-electron chi connectivity index (χ1n) is 13.3. The number of halogens is 3. The van der Waals surface area contributed by atoms with Crippen LogP contribution in [0.25, 0.3) is 33.6 Å². The van der Waals surface area contributed by atoms with Gasteiger partial charge in [0.05, 0.1) is 11.2 Å². The molecule has 4 heterocycles. The van der Waals surface area contributed by atoms with E-state index in [1.54, 1.807) is 23.7 Å². The van der Waals surface area contributed by atoms with Gasteiger partial charge in [0.1, 0.15) is 17.0 Å². The summed E-state index contributed by atoms with van der Waals surface area (Å²) < 4.78 is 49.4. The van der Waals surface area contributed by atoms with Crippen molar-refractivity contribution in [2.24, 2.45) is 30.7 Å².